The Bertz CT molecular complexity index is 1100. The van der Waals surface area contributed by atoms with Crippen LogP contribution in [0.1, 0.15) is 41.3 Å². The van der Waals surface area contributed by atoms with Crippen molar-refractivity contribution in [2.24, 2.45) is 0 Å². The van der Waals surface area contributed by atoms with Gasteiger partial charge in [0, 0.05) is 5.69 Å². The number of nitrogens with one attached hydrogen (secondary N) is 2. The summed E-state index contributed by atoms with van der Waals surface area (Å²) in [7, 11) is -3.82. The van der Waals surface area contributed by atoms with E-state index in [9.17, 15) is 13.2 Å². The van der Waals surface area contributed by atoms with Crippen molar-refractivity contribution in [1.29, 1.82) is 0 Å². The molecule has 0 saturated carbocycles. The summed E-state index contributed by atoms with van der Waals surface area (Å²) in [5.41, 5.74) is 3.25. The van der Waals surface area contributed by atoms with Crippen LogP contribution in [-0.4, -0.2) is 14.3 Å². The Hall–Kier alpha value is -3.12. The van der Waals surface area contributed by atoms with Gasteiger partial charge in [0.2, 0.25) is 0 Å². The summed E-state index contributed by atoms with van der Waals surface area (Å²) in [4.78, 5) is 12.9. The molecule has 0 spiro atoms. The molecule has 6 heteroatoms. The monoisotopic (exact) mass is 408 g/mol. The predicted molar refractivity (Wildman–Crippen MR) is 117 cm³/mol. The number of carbonyl (C=O) groups excluding carboxylic acids is 1. The van der Waals surface area contributed by atoms with Gasteiger partial charge in [-0.1, -0.05) is 55.8 Å². The smallest absolute Gasteiger partial charge is 0.261 e. The molecule has 0 saturated heterocycles. The number of benzene rings is 3. The molecule has 0 aliphatic heterocycles. The molecule has 0 radical (unpaired) electrons. The number of carbonyl (C=O) groups is 1. The molecule has 0 atom stereocenters. The zero-order valence-electron chi connectivity index (χ0n) is 16.6. The predicted octanol–water partition coefficient (Wildman–Crippen LogP) is 5.17. The van der Waals surface area contributed by atoms with E-state index >= 15 is 0 Å². The molecule has 3 aromatic carbocycles. The Morgan fingerprint density at radius 1 is 0.862 bits per heavy atom. The van der Waals surface area contributed by atoms with Crippen LogP contribution in [0.4, 0.5) is 11.4 Å². The molecule has 3 aromatic rings. The number of aryl methyl sites for hydroxylation is 1. The van der Waals surface area contributed by atoms with Crippen LogP contribution in [-0.2, 0) is 10.0 Å². The van der Waals surface area contributed by atoms with Crippen LogP contribution >= 0.6 is 0 Å². The second-order valence-corrected chi connectivity index (χ2v) is 8.88. The molecule has 0 bridgehead atoms. The van der Waals surface area contributed by atoms with Gasteiger partial charge in [0.25, 0.3) is 15.9 Å². The molecule has 0 heterocycles. The number of anilines is 2. The van der Waals surface area contributed by atoms with E-state index in [0.717, 1.165) is 11.1 Å². The van der Waals surface area contributed by atoms with Crippen LogP contribution in [0.25, 0.3) is 0 Å². The van der Waals surface area contributed by atoms with Crippen LogP contribution in [0, 0.1) is 6.92 Å². The van der Waals surface area contributed by atoms with Gasteiger partial charge < -0.3 is 5.32 Å². The molecule has 29 heavy (non-hydrogen) atoms. The second-order valence-electron chi connectivity index (χ2n) is 7.19. The highest BCUT2D eigenvalue weighted by Gasteiger charge is 2.19. The van der Waals surface area contributed by atoms with Crippen LogP contribution < -0.4 is 10.0 Å². The lowest BCUT2D eigenvalue weighted by atomic mass is 10.0. The summed E-state index contributed by atoms with van der Waals surface area (Å²) < 4.78 is 28.2. The van der Waals surface area contributed by atoms with Crippen LogP contribution in [0.2, 0.25) is 0 Å². The number of sulfonamides is 1. The number of rotatable bonds is 6. The molecule has 0 aromatic heterocycles. The summed E-state index contributed by atoms with van der Waals surface area (Å²) in [5.74, 6) is -0.0757. The molecule has 3 rings (SSSR count). The first-order valence-corrected chi connectivity index (χ1v) is 10.8. The Kier molecular flexibility index (Phi) is 6.03. The van der Waals surface area contributed by atoms with Gasteiger partial charge in [0.1, 0.15) is 0 Å². The molecule has 0 unspecified atom stereocenters. The lowest BCUT2D eigenvalue weighted by molar-refractivity contribution is 0.102. The molecule has 2 N–H and O–H groups in total. The highest BCUT2D eigenvalue weighted by atomic mass is 32.2. The minimum atomic E-state index is -3.82. The van der Waals surface area contributed by atoms with Crippen molar-refractivity contribution in [2.75, 3.05) is 10.0 Å². The summed E-state index contributed by atoms with van der Waals surface area (Å²) in [5, 5.41) is 2.80. The van der Waals surface area contributed by atoms with E-state index in [4.69, 9.17) is 0 Å². The Balaban J connectivity index is 1.84. The Morgan fingerprint density at radius 3 is 2.10 bits per heavy atom. The van der Waals surface area contributed by atoms with Gasteiger partial charge in [-0.25, -0.2) is 8.42 Å². The second kappa shape index (κ2) is 8.49. The normalized spacial score (nSPS) is 11.3. The first-order chi connectivity index (χ1) is 13.8. The quantitative estimate of drug-likeness (QED) is 0.591. The molecular weight excluding hydrogens is 384 g/mol. The summed E-state index contributed by atoms with van der Waals surface area (Å²) >= 11 is 0. The molecular formula is C23H24N2O3S. The van der Waals surface area contributed by atoms with Crippen molar-refractivity contribution in [2.45, 2.75) is 31.6 Å². The molecule has 0 aliphatic carbocycles. The fourth-order valence-electron chi connectivity index (χ4n) is 2.84. The minimum Gasteiger partial charge on any atom is -0.322 e. The average Bonchev–Trinajstić information content (AvgIpc) is 2.70. The van der Waals surface area contributed by atoms with Gasteiger partial charge in [-0.2, -0.15) is 0 Å². The fraction of sp³-hybridized carbons (Fsp3) is 0.174. The van der Waals surface area contributed by atoms with E-state index in [2.05, 4.69) is 10.0 Å². The van der Waals surface area contributed by atoms with Crippen molar-refractivity contribution in [3.05, 3.63) is 89.5 Å². The van der Waals surface area contributed by atoms with Gasteiger partial charge in [0.15, 0.2) is 0 Å². The van der Waals surface area contributed by atoms with E-state index in [0.29, 0.717) is 11.6 Å². The van der Waals surface area contributed by atoms with E-state index < -0.39 is 10.0 Å². The lowest BCUT2D eigenvalue weighted by Gasteiger charge is -2.13. The van der Waals surface area contributed by atoms with Gasteiger partial charge in [-0.05, 0) is 54.8 Å². The third-order valence-corrected chi connectivity index (χ3v) is 5.96. The maximum Gasteiger partial charge on any atom is 0.261 e. The van der Waals surface area contributed by atoms with E-state index in [1.54, 1.807) is 60.7 Å². The number of hydrogen-bond acceptors (Lipinski definition) is 3. The third kappa shape index (κ3) is 5.03. The third-order valence-electron chi connectivity index (χ3n) is 4.58. The summed E-state index contributed by atoms with van der Waals surface area (Å²) in [6, 6.07) is 20.7. The van der Waals surface area contributed by atoms with Crippen molar-refractivity contribution in [3.63, 3.8) is 0 Å². The Morgan fingerprint density at radius 2 is 1.48 bits per heavy atom. The van der Waals surface area contributed by atoms with Crippen LogP contribution in [0.15, 0.2) is 77.7 Å². The van der Waals surface area contributed by atoms with Crippen LogP contribution in [0.3, 0.4) is 0 Å². The summed E-state index contributed by atoms with van der Waals surface area (Å²) in [6.07, 6.45) is 0. The summed E-state index contributed by atoms with van der Waals surface area (Å²) in [6.45, 7) is 6.05. The van der Waals surface area contributed by atoms with E-state index in [-0.39, 0.29) is 22.1 Å². The maximum atomic E-state index is 12.8. The minimum absolute atomic E-state index is 0.149. The van der Waals surface area contributed by atoms with Gasteiger partial charge in [-0.15, -0.1) is 0 Å². The van der Waals surface area contributed by atoms with E-state index in [1.165, 1.54) is 0 Å². The zero-order chi connectivity index (χ0) is 21.0. The molecule has 1 amide bonds. The standard InChI is InChI=1S/C23H24N2O3S/c1-16(2)18-10-14-20(15-11-18)29(27,28)25-22-7-5-4-6-21(22)23(26)24-19-12-8-17(3)9-13-19/h4-16,25H,1-3H3,(H,24,26). The highest BCUT2D eigenvalue weighted by Crippen LogP contribution is 2.23. The van der Waals surface area contributed by atoms with Crippen molar-refractivity contribution < 1.29 is 13.2 Å². The number of amides is 1. The molecule has 0 fully saturated rings. The number of para-hydroxylation sites is 1. The molecule has 150 valence electrons. The van der Waals surface area contributed by atoms with Crippen molar-refractivity contribution in [3.8, 4) is 0 Å². The van der Waals surface area contributed by atoms with Gasteiger partial charge in [-0.3, -0.25) is 9.52 Å². The average molecular weight is 409 g/mol. The Labute approximate surface area is 171 Å². The SMILES string of the molecule is Cc1ccc(NC(=O)c2ccccc2NS(=O)(=O)c2ccc(C(C)C)cc2)cc1. The first kappa shape index (κ1) is 20.6. The van der Waals surface area contributed by atoms with Crippen LogP contribution in [0.5, 0.6) is 0 Å². The first-order valence-electron chi connectivity index (χ1n) is 9.36. The molecule has 0 aliphatic rings. The number of hydrogen-bond donors (Lipinski definition) is 2. The highest BCUT2D eigenvalue weighted by molar-refractivity contribution is 7.92. The maximum absolute atomic E-state index is 12.8. The fourth-order valence-corrected chi connectivity index (χ4v) is 3.92. The largest absolute Gasteiger partial charge is 0.322 e. The van der Waals surface area contributed by atoms with Crippen molar-refractivity contribution >= 4 is 27.3 Å². The topological polar surface area (TPSA) is 75.3 Å². The zero-order valence-corrected chi connectivity index (χ0v) is 17.5. The van der Waals surface area contributed by atoms with Gasteiger partial charge in [0.05, 0.1) is 16.1 Å². The van der Waals surface area contributed by atoms with E-state index in [1.807, 2.05) is 32.9 Å². The van der Waals surface area contributed by atoms with Gasteiger partial charge >= 0.3 is 0 Å². The lowest BCUT2D eigenvalue weighted by Crippen LogP contribution is -2.18. The van der Waals surface area contributed by atoms with Crippen molar-refractivity contribution in [1.82, 2.24) is 0 Å². The molecule has 5 nitrogen and oxygen atoms in total.